The molecular formula is C18H19FOS. The molecule has 3 rings (SSSR count). The van der Waals surface area contributed by atoms with Gasteiger partial charge in [-0.05, 0) is 54.5 Å². The Kier molecular flexibility index (Phi) is 4.61. The molecule has 0 spiro atoms. The summed E-state index contributed by atoms with van der Waals surface area (Å²) in [7, 11) is 0. The van der Waals surface area contributed by atoms with E-state index < -0.39 is 0 Å². The van der Waals surface area contributed by atoms with Gasteiger partial charge in [-0.2, -0.15) is 0 Å². The zero-order valence-corrected chi connectivity index (χ0v) is 12.7. The van der Waals surface area contributed by atoms with Crippen molar-refractivity contribution in [2.75, 3.05) is 6.61 Å². The molecule has 1 aliphatic heterocycles. The number of thioether (sulfide) groups is 1. The molecule has 0 aromatic heterocycles. The molecule has 1 aliphatic rings. The van der Waals surface area contributed by atoms with E-state index in [1.54, 1.807) is 0 Å². The first-order valence-electron chi connectivity index (χ1n) is 7.34. The van der Waals surface area contributed by atoms with Gasteiger partial charge in [-0.25, -0.2) is 4.39 Å². The molecule has 2 atom stereocenters. The summed E-state index contributed by atoms with van der Waals surface area (Å²) < 4.78 is 12.9. The lowest BCUT2D eigenvalue weighted by Crippen LogP contribution is -2.16. The van der Waals surface area contributed by atoms with E-state index in [1.165, 1.54) is 22.6 Å². The van der Waals surface area contributed by atoms with Gasteiger partial charge in [-0.15, -0.1) is 11.8 Å². The Morgan fingerprint density at radius 1 is 1.14 bits per heavy atom. The summed E-state index contributed by atoms with van der Waals surface area (Å²) in [5.41, 5.74) is 2.52. The Hall–Kier alpha value is -1.32. The third kappa shape index (κ3) is 3.66. The van der Waals surface area contributed by atoms with Crippen molar-refractivity contribution in [3.8, 4) is 0 Å². The van der Waals surface area contributed by atoms with Crippen molar-refractivity contribution >= 4 is 11.8 Å². The van der Waals surface area contributed by atoms with E-state index in [1.807, 2.05) is 23.9 Å². The number of hydrogen-bond acceptors (Lipinski definition) is 2. The fraction of sp³-hybridized carbons (Fsp3) is 0.333. The fourth-order valence-electron chi connectivity index (χ4n) is 2.93. The molecule has 2 aromatic carbocycles. The minimum absolute atomic E-state index is 0.185. The van der Waals surface area contributed by atoms with Crippen LogP contribution in [0.4, 0.5) is 4.39 Å². The van der Waals surface area contributed by atoms with Gasteiger partial charge in [-0.1, -0.05) is 30.3 Å². The lowest BCUT2D eigenvalue weighted by Gasteiger charge is -2.18. The number of rotatable bonds is 5. The van der Waals surface area contributed by atoms with Crippen LogP contribution in [-0.4, -0.2) is 17.0 Å². The van der Waals surface area contributed by atoms with Crippen molar-refractivity contribution in [1.82, 2.24) is 0 Å². The molecule has 0 saturated carbocycles. The van der Waals surface area contributed by atoms with E-state index in [2.05, 4.69) is 24.3 Å². The standard InChI is InChI=1S/C18H19FOS/c19-16-7-5-13(6-8-16)9-14(12-20)10-17-11-15-3-1-2-4-18(15)21-17/h1-8,14,17,20H,9-12H2. The molecule has 0 bridgehead atoms. The third-order valence-corrected chi connectivity index (χ3v) is 5.35. The maximum atomic E-state index is 12.9. The number of fused-ring (bicyclic) bond motifs is 1. The summed E-state index contributed by atoms with van der Waals surface area (Å²) in [4.78, 5) is 1.38. The summed E-state index contributed by atoms with van der Waals surface area (Å²) >= 11 is 1.92. The minimum Gasteiger partial charge on any atom is -0.396 e. The van der Waals surface area contributed by atoms with Crippen LogP contribution in [0.3, 0.4) is 0 Å². The van der Waals surface area contributed by atoms with E-state index >= 15 is 0 Å². The summed E-state index contributed by atoms with van der Waals surface area (Å²) in [6.45, 7) is 0.185. The third-order valence-electron chi connectivity index (χ3n) is 4.01. The number of aliphatic hydroxyl groups is 1. The second-order valence-electron chi connectivity index (χ2n) is 5.67. The largest absolute Gasteiger partial charge is 0.396 e. The first-order valence-corrected chi connectivity index (χ1v) is 8.22. The summed E-state index contributed by atoms with van der Waals surface area (Å²) in [6.07, 6.45) is 2.89. The Balaban J connectivity index is 1.60. The highest BCUT2D eigenvalue weighted by molar-refractivity contribution is 8.00. The number of halogens is 1. The fourth-order valence-corrected chi connectivity index (χ4v) is 4.38. The molecule has 110 valence electrons. The van der Waals surface area contributed by atoms with Crippen molar-refractivity contribution in [2.45, 2.75) is 29.4 Å². The predicted molar refractivity (Wildman–Crippen MR) is 85.1 cm³/mol. The summed E-state index contributed by atoms with van der Waals surface area (Å²) in [5.74, 6) is 0.0309. The van der Waals surface area contributed by atoms with Crippen LogP contribution in [0.15, 0.2) is 53.4 Å². The highest BCUT2D eigenvalue weighted by Gasteiger charge is 2.24. The molecule has 1 heterocycles. The SMILES string of the molecule is OCC(Cc1ccc(F)cc1)CC1Cc2ccccc2S1. The number of hydrogen-bond donors (Lipinski definition) is 1. The summed E-state index contributed by atoms with van der Waals surface area (Å²) in [6, 6.07) is 15.1. The zero-order chi connectivity index (χ0) is 14.7. The molecule has 0 amide bonds. The van der Waals surface area contributed by atoms with Gasteiger partial charge in [0, 0.05) is 16.8 Å². The minimum atomic E-state index is -0.207. The maximum absolute atomic E-state index is 12.9. The van der Waals surface area contributed by atoms with Crippen molar-refractivity contribution in [3.05, 3.63) is 65.5 Å². The van der Waals surface area contributed by atoms with Gasteiger partial charge < -0.3 is 5.11 Å². The van der Waals surface area contributed by atoms with Gasteiger partial charge >= 0.3 is 0 Å². The highest BCUT2D eigenvalue weighted by Crippen LogP contribution is 2.39. The molecule has 2 aromatic rings. The average molecular weight is 302 g/mol. The first-order chi connectivity index (χ1) is 10.2. The van der Waals surface area contributed by atoms with E-state index in [0.717, 1.165) is 24.8 Å². The van der Waals surface area contributed by atoms with Crippen LogP contribution in [0.25, 0.3) is 0 Å². The van der Waals surface area contributed by atoms with E-state index in [9.17, 15) is 9.50 Å². The molecule has 1 N–H and O–H groups in total. The molecule has 0 saturated heterocycles. The molecule has 0 fully saturated rings. The van der Waals surface area contributed by atoms with E-state index in [4.69, 9.17) is 0 Å². The summed E-state index contributed by atoms with van der Waals surface area (Å²) in [5, 5.41) is 10.2. The number of benzene rings is 2. The van der Waals surface area contributed by atoms with Crippen LogP contribution in [0.2, 0.25) is 0 Å². The van der Waals surface area contributed by atoms with E-state index in [0.29, 0.717) is 5.25 Å². The van der Waals surface area contributed by atoms with Gasteiger partial charge in [0.2, 0.25) is 0 Å². The Labute approximate surface area is 129 Å². The van der Waals surface area contributed by atoms with E-state index in [-0.39, 0.29) is 18.3 Å². The van der Waals surface area contributed by atoms with Gasteiger partial charge in [-0.3, -0.25) is 0 Å². The molecule has 1 nitrogen and oxygen atoms in total. The molecule has 21 heavy (non-hydrogen) atoms. The van der Waals surface area contributed by atoms with Crippen LogP contribution in [0.1, 0.15) is 17.5 Å². The molecular weight excluding hydrogens is 283 g/mol. The Bertz CT molecular complexity index is 571. The van der Waals surface area contributed by atoms with Crippen molar-refractivity contribution in [1.29, 1.82) is 0 Å². The van der Waals surface area contributed by atoms with Crippen molar-refractivity contribution in [3.63, 3.8) is 0 Å². The Morgan fingerprint density at radius 2 is 1.90 bits per heavy atom. The Morgan fingerprint density at radius 3 is 2.62 bits per heavy atom. The van der Waals surface area contributed by atoms with Crippen LogP contribution >= 0.6 is 11.8 Å². The average Bonchev–Trinajstić information content (AvgIpc) is 2.91. The van der Waals surface area contributed by atoms with Crippen LogP contribution < -0.4 is 0 Å². The lowest BCUT2D eigenvalue weighted by molar-refractivity contribution is 0.217. The molecule has 2 unspecified atom stereocenters. The lowest BCUT2D eigenvalue weighted by atomic mass is 9.93. The topological polar surface area (TPSA) is 20.2 Å². The van der Waals surface area contributed by atoms with Gasteiger partial charge in [0.05, 0.1) is 0 Å². The smallest absolute Gasteiger partial charge is 0.123 e. The second-order valence-corrected chi connectivity index (χ2v) is 7.01. The monoisotopic (exact) mass is 302 g/mol. The molecule has 0 aliphatic carbocycles. The van der Waals surface area contributed by atoms with Gasteiger partial charge in [0.25, 0.3) is 0 Å². The van der Waals surface area contributed by atoms with Crippen LogP contribution in [0, 0.1) is 11.7 Å². The highest BCUT2D eigenvalue weighted by atomic mass is 32.2. The quantitative estimate of drug-likeness (QED) is 0.898. The normalized spacial score (nSPS) is 18.5. The molecule has 0 radical (unpaired) electrons. The van der Waals surface area contributed by atoms with Crippen molar-refractivity contribution < 1.29 is 9.50 Å². The maximum Gasteiger partial charge on any atom is 0.123 e. The second kappa shape index (κ2) is 6.63. The predicted octanol–water partition coefficient (Wildman–Crippen LogP) is 4.08. The number of aliphatic hydroxyl groups excluding tert-OH is 1. The van der Waals surface area contributed by atoms with Crippen molar-refractivity contribution in [2.24, 2.45) is 5.92 Å². The first kappa shape index (κ1) is 14.6. The van der Waals surface area contributed by atoms with Gasteiger partial charge in [0.1, 0.15) is 5.82 Å². The van der Waals surface area contributed by atoms with Gasteiger partial charge in [0.15, 0.2) is 0 Å². The van der Waals surface area contributed by atoms with Crippen LogP contribution in [-0.2, 0) is 12.8 Å². The molecule has 3 heteroatoms. The zero-order valence-electron chi connectivity index (χ0n) is 11.8. The van der Waals surface area contributed by atoms with Crippen LogP contribution in [0.5, 0.6) is 0 Å².